The largest absolute Gasteiger partial charge is 0.481 e. The third kappa shape index (κ3) is 5.97. The van der Waals surface area contributed by atoms with Gasteiger partial charge in [0.1, 0.15) is 5.82 Å². The number of pyridine rings is 1. The molecule has 3 atom stereocenters. The molecule has 0 saturated heterocycles. The van der Waals surface area contributed by atoms with Crippen molar-refractivity contribution in [3.8, 4) is 5.88 Å². The highest BCUT2D eigenvalue weighted by Crippen LogP contribution is 2.47. The van der Waals surface area contributed by atoms with Crippen LogP contribution in [0.4, 0.5) is 19.0 Å². The number of rotatable bonds is 6. The molecule has 2 heterocycles. The normalized spacial score (nSPS) is 17.7. The van der Waals surface area contributed by atoms with E-state index in [1.54, 1.807) is 6.07 Å². The molecule has 188 valence electrons. The number of hydrogen-bond donors (Lipinski definition) is 3. The molecule has 5 rings (SSSR count). The number of ether oxygens (including phenoxy) is 1. The van der Waals surface area contributed by atoms with Gasteiger partial charge in [-0.2, -0.15) is 13.2 Å². The summed E-state index contributed by atoms with van der Waals surface area (Å²) in [6.07, 6.45) is -2.07. The highest BCUT2D eigenvalue weighted by atomic mass is 19.4. The van der Waals surface area contributed by atoms with Crippen LogP contribution in [0.3, 0.4) is 0 Å². The number of nitrogens with two attached hydrogens (primary N) is 1. The quantitative estimate of drug-likeness (QED) is 0.298. The molecule has 0 radical (unpaired) electrons. The maximum atomic E-state index is 12.2. The van der Waals surface area contributed by atoms with E-state index in [2.05, 4.69) is 14.7 Å². The highest BCUT2D eigenvalue weighted by Gasteiger charge is 2.43. The topological polar surface area (TPSA) is 101 Å². The molecule has 1 fully saturated rings. The molecule has 9 heteroatoms. The van der Waals surface area contributed by atoms with Crippen molar-refractivity contribution in [3.05, 3.63) is 89.6 Å². The van der Waals surface area contributed by atoms with E-state index in [9.17, 15) is 18.0 Å². The number of carboxylic acid groups (broad SMARTS) is 1. The summed E-state index contributed by atoms with van der Waals surface area (Å²) in [6.45, 7) is 0.615. The minimum Gasteiger partial charge on any atom is -0.481 e. The maximum absolute atomic E-state index is 12.2. The molecule has 1 aliphatic carbocycles. The van der Waals surface area contributed by atoms with E-state index >= 15 is 0 Å². The minimum atomic E-state index is -4.38. The number of hydrogen-bond acceptors (Lipinski definition) is 4. The summed E-state index contributed by atoms with van der Waals surface area (Å²) in [7, 11) is 0. The number of nitrogens with one attached hydrogen (secondary N) is 1. The first-order chi connectivity index (χ1) is 17.1. The maximum Gasteiger partial charge on any atom is 0.422 e. The van der Waals surface area contributed by atoms with Crippen molar-refractivity contribution in [1.29, 1.82) is 0 Å². The van der Waals surface area contributed by atoms with Gasteiger partial charge in [-0.25, -0.2) is 4.98 Å². The van der Waals surface area contributed by atoms with Crippen molar-refractivity contribution in [1.82, 2.24) is 9.97 Å². The lowest BCUT2D eigenvalue weighted by atomic mass is 9.93. The van der Waals surface area contributed by atoms with Gasteiger partial charge in [-0.1, -0.05) is 61.5 Å². The summed E-state index contributed by atoms with van der Waals surface area (Å²) in [5, 5.41) is 9.70. The molecule has 4 N–H and O–H groups in total. The lowest BCUT2D eigenvalue weighted by Gasteiger charge is -2.13. The first-order valence-electron chi connectivity index (χ1n) is 11.4. The fraction of sp³-hybridized carbons (Fsp3) is 0.259. The molecule has 2 aromatic heterocycles. The Labute approximate surface area is 205 Å². The van der Waals surface area contributed by atoms with Gasteiger partial charge in [-0.15, -0.1) is 0 Å². The molecule has 1 aliphatic rings. The molecule has 36 heavy (non-hydrogen) atoms. The predicted molar refractivity (Wildman–Crippen MR) is 131 cm³/mol. The number of carboxylic acids is 1. The number of halogens is 3. The second-order valence-corrected chi connectivity index (χ2v) is 8.75. The number of alkyl halides is 3. The average molecular weight is 498 g/mol. The molecule has 1 saturated carbocycles. The van der Waals surface area contributed by atoms with Gasteiger partial charge in [0, 0.05) is 34.6 Å². The van der Waals surface area contributed by atoms with E-state index in [1.807, 2.05) is 61.5 Å². The van der Waals surface area contributed by atoms with Crippen LogP contribution < -0.4 is 10.5 Å². The number of para-hydroxylation sites is 1. The van der Waals surface area contributed by atoms with Gasteiger partial charge >= 0.3 is 12.1 Å². The summed E-state index contributed by atoms with van der Waals surface area (Å²) < 4.78 is 41.1. The van der Waals surface area contributed by atoms with Crippen molar-refractivity contribution < 1.29 is 27.8 Å². The van der Waals surface area contributed by atoms with Gasteiger partial charge in [-0.3, -0.25) is 4.79 Å². The number of H-pyrrole nitrogens is 1. The van der Waals surface area contributed by atoms with Crippen LogP contribution in [0, 0.1) is 5.92 Å². The number of aliphatic carboxylic acids is 1. The van der Waals surface area contributed by atoms with E-state index < -0.39 is 18.8 Å². The zero-order chi connectivity index (χ0) is 25.9. The van der Waals surface area contributed by atoms with Crippen LogP contribution in [0.25, 0.3) is 10.9 Å². The second kappa shape index (κ2) is 10.3. The predicted octanol–water partition coefficient (Wildman–Crippen LogP) is 6.11. The number of aromatic amines is 1. The Morgan fingerprint density at radius 2 is 1.83 bits per heavy atom. The Hall–Kier alpha value is -4.01. The standard InChI is InChI=1S/C17H16F3N3O.C10H10O2/c1-10(15-12-4-2-3-5-13(12)23-16(15)21)11-6-7-14(22-8-11)24-9-17(18,19)20;11-10(12)9-6-8(9)7-4-2-1-3-5-7/h2-8,10,23H,9,21H2,1H3;1-5,8-9H,6H2,(H,11,12)/t10-;8-,9+/m01/s1. The Morgan fingerprint density at radius 3 is 2.44 bits per heavy atom. The van der Waals surface area contributed by atoms with E-state index in [4.69, 9.17) is 10.8 Å². The van der Waals surface area contributed by atoms with E-state index in [1.165, 1.54) is 12.3 Å². The number of anilines is 1. The van der Waals surface area contributed by atoms with Crippen molar-refractivity contribution in [3.63, 3.8) is 0 Å². The zero-order valence-electron chi connectivity index (χ0n) is 19.5. The van der Waals surface area contributed by atoms with Crippen molar-refractivity contribution in [2.24, 2.45) is 5.92 Å². The van der Waals surface area contributed by atoms with Crippen molar-refractivity contribution in [2.75, 3.05) is 12.3 Å². The van der Waals surface area contributed by atoms with Crippen molar-refractivity contribution >= 4 is 22.7 Å². The molecular formula is C27H26F3N3O3. The van der Waals surface area contributed by atoms with Crippen LogP contribution in [0.2, 0.25) is 0 Å². The molecule has 4 aromatic rings. The van der Waals surface area contributed by atoms with Crippen LogP contribution in [-0.2, 0) is 4.79 Å². The molecular weight excluding hydrogens is 471 g/mol. The summed E-state index contributed by atoms with van der Waals surface area (Å²) in [5.41, 5.74) is 9.97. The SMILES string of the molecule is C[C@@H](c1ccc(OCC(F)(F)F)nc1)c1c(N)[nH]c2ccccc12.O=C(O)[C@H]1C[C@@H]1c1ccccc1. The van der Waals surface area contributed by atoms with Gasteiger partial charge in [0.2, 0.25) is 5.88 Å². The van der Waals surface area contributed by atoms with E-state index in [0.717, 1.165) is 34.0 Å². The summed E-state index contributed by atoms with van der Waals surface area (Å²) in [5.74, 6) is -0.0819. The molecule has 0 amide bonds. The number of aromatic nitrogens is 2. The van der Waals surface area contributed by atoms with E-state index in [0.29, 0.717) is 5.82 Å². The zero-order valence-corrected chi connectivity index (χ0v) is 19.5. The third-order valence-electron chi connectivity index (χ3n) is 6.19. The minimum absolute atomic E-state index is 0.0600. The van der Waals surface area contributed by atoms with E-state index in [-0.39, 0.29) is 23.6 Å². The van der Waals surface area contributed by atoms with Gasteiger partial charge in [0.15, 0.2) is 6.61 Å². The number of nitrogen functional groups attached to an aromatic ring is 1. The Balaban J connectivity index is 0.000000211. The first-order valence-corrected chi connectivity index (χ1v) is 11.4. The van der Waals surface area contributed by atoms with Gasteiger partial charge in [0.05, 0.1) is 5.92 Å². The Bertz CT molecular complexity index is 1320. The molecule has 0 aliphatic heterocycles. The second-order valence-electron chi connectivity index (χ2n) is 8.75. The van der Waals surface area contributed by atoms with Crippen LogP contribution in [0.5, 0.6) is 5.88 Å². The number of benzene rings is 2. The first kappa shape index (κ1) is 25.1. The summed E-state index contributed by atoms with van der Waals surface area (Å²) in [4.78, 5) is 17.6. The third-order valence-corrected chi connectivity index (χ3v) is 6.19. The molecule has 0 unspecified atom stereocenters. The van der Waals surface area contributed by atoms with Gasteiger partial charge < -0.3 is 20.6 Å². The average Bonchev–Trinajstić information content (AvgIpc) is 3.60. The van der Waals surface area contributed by atoms with Crippen LogP contribution in [-0.4, -0.2) is 33.8 Å². The van der Waals surface area contributed by atoms with Crippen LogP contribution >= 0.6 is 0 Å². The Morgan fingerprint density at radius 1 is 1.14 bits per heavy atom. The number of carbonyl (C=O) groups is 1. The molecule has 0 bridgehead atoms. The molecule has 2 aromatic carbocycles. The fourth-order valence-corrected chi connectivity index (χ4v) is 4.24. The van der Waals surface area contributed by atoms with Crippen molar-refractivity contribution in [2.45, 2.75) is 31.4 Å². The fourth-order valence-electron chi connectivity index (χ4n) is 4.24. The number of fused-ring (bicyclic) bond motifs is 1. The summed E-state index contributed by atoms with van der Waals surface area (Å²) >= 11 is 0. The smallest absolute Gasteiger partial charge is 0.422 e. The van der Waals surface area contributed by atoms with Crippen LogP contribution in [0.15, 0.2) is 72.9 Å². The number of nitrogens with zero attached hydrogens (tertiary/aromatic N) is 1. The van der Waals surface area contributed by atoms with Gasteiger partial charge in [-0.05, 0) is 29.5 Å². The van der Waals surface area contributed by atoms with Crippen LogP contribution in [0.1, 0.15) is 41.9 Å². The summed E-state index contributed by atoms with van der Waals surface area (Å²) in [6, 6.07) is 20.7. The highest BCUT2D eigenvalue weighted by molar-refractivity contribution is 5.89. The monoisotopic (exact) mass is 497 g/mol. The molecule has 0 spiro atoms. The molecule has 6 nitrogen and oxygen atoms in total. The Kier molecular flexibility index (Phi) is 7.19. The lowest BCUT2D eigenvalue weighted by Crippen LogP contribution is -2.19. The lowest BCUT2D eigenvalue weighted by molar-refractivity contribution is -0.154. The van der Waals surface area contributed by atoms with Gasteiger partial charge in [0.25, 0.3) is 0 Å².